The van der Waals surface area contributed by atoms with E-state index in [9.17, 15) is 0 Å². The molecular formula is C56H56NO4P. The largest absolute Gasteiger partial charge is 0.487 e. The summed E-state index contributed by atoms with van der Waals surface area (Å²) in [5.41, 5.74) is 10.2. The molecule has 0 radical (unpaired) electrons. The van der Waals surface area contributed by atoms with Crippen molar-refractivity contribution >= 4 is 39.8 Å². The van der Waals surface area contributed by atoms with Gasteiger partial charge in [0.15, 0.2) is 0 Å². The van der Waals surface area contributed by atoms with Crippen LogP contribution in [0, 0.1) is 0 Å². The molecule has 0 bridgehead atoms. The molecule has 62 heavy (non-hydrogen) atoms. The highest BCUT2D eigenvalue weighted by molar-refractivity contribution is 7.75. The van der Waals surface area contributed by atoms with E-state index in [-0.39, 0.29) is 22.9 Å². The molecule has 0 saturated heterocycles. The maximum absolute atomic E-state index is 16.5. The fourth-order valence-corrected chi connectivity index (χ4v) is 11.0. The Morgan fingerprint density at radius 2 is 1.06 bits per heavy atom. The lowest BCUT2D eigenvalue weighted by atomic mass is 9.86. The zero-order valence-corrected chi connectivity index (χ0v) is 38.3. The summed E-state index contributed by atoms with van der Waals surface area (Å²) in [6, 6.07) is 52.1. The second kappa shape index (κ2) is 15.4. The summed E-state index contributed by atoms with van der Waals surface area (Å²) in [6.07, 6.45) is 0. The van der Waals surface area contributed by atoms with Gasteiger partial charge >= 0.3 is 7.37 Å². The fourth-order valence-electron chi connectivity index (χ4n) is 8.54. The molecule has 6 heteroatoms. The van der Waals surface area contributed by atoms with Crippen molar-refractivity contribution in [3.63, 3.8) is 0 Å². The first-order valence-corrected chi connectivity index (χ1v) is 23.3. The van der Waals surface area contributed by atoms with Gasteiger partial charge in [-0.05, 0) is 86.0 Å². The van der Waals surface area contributed by atoms with E-state index >= 15 is 4.57 Å². The molecule has 9 rings (SSSR count). The van der Waals surface area contributed by atoms with Crippen LogP contribution in [0.3, 0.4) is 0 Å². The SMILES string of the molecule is CC(C)(C)c1ccc(COc2c(P3(=O)Oc4ccccc4-c4ccccc43)cc(OCc3ccc(C(C)(C)C)cc3)c3c2c2cc(C(C)(C)C)ccc2n3-c2ccccc2)cc1. The van der Waals surface area contributed by atoms with Crippen LogP contribution in [0.15, 0.2) is 152 Å². The summed E-state index contributed by atoms with van der Waals surface area (Å²) in [6.45, 7) is 20.6. The number of hydrogen-bond donors (Lipinski definition) is 0. The average molecular weight is 838 g/mol. The van der Waals surface area contributed by atoms with Gasteiger partial charge in [0.1, 0.15) is 36.0 Å². The molecular weight excluding hydrogens is 782 g/mol. The lowest BCUT2D eigenvalue weighted by Gasteiger charge is -2.30. The molecule has 314 valence electrons. The van der Waals surface area contributed by atoms with Crippen molar-refractivity contribution < 1.29 is 18.6 Å². The molecule has 0 saturated carbocycles. The maximum atomic E-state index is 16.5. The van der Waals surface area contributed by atoms with Crippen LogP contribution in [-0.2, 0) is 34.0 Å². The van der Waals surface area contributed by atoms with Gasteiger partial charge in [-0.2, -0.15) is 0 Å². The van der Waals surface area contributed by atoms with Crippen molar-refractivity contribution in [2.75, 3.05) is 0 Å². The molecule has 1 unspecified atom stereocenters. The number of ether oxygens (including phenoxy) is 2. The molecule has 1 aliphatic heterocycles. The van der Waals surface area contributed by atoms with E-state index in [0.717, 1.165) is 49.7 Å². The third-order valence-corrected chi connectivity index (χ3v) is 14.6. The van der Waals surface area contributed by atoms with E-state index in [1.165, 1.54) is 16.7 Å². The lowest BCUT2D eigenvalue weighted by molar-refractivity contribution is 0.304. The molecule has 8 aromatic rings. The zero-order chi connectivity index (χ0) is 43.6. The van der Waals surface area contributed by atoms with Crippen LogP contribution in [0.5, 0.6) is 17.2 Å². The van der Waals surface area contributed by atoms with Gasteiger partial charge in [0.25, 0.3) is 0 Å². The molecule has 7 aromatic carbocycles. The van der Waals surface area contributed by atoms with Gasteiger partial charge in [-0.3, -0.25) is 4.57 Å². The molecule has 5 nitrogen and oxygen atoms in total. The Morgan fingerprint density at radius 1 is 0.532 bits per heavy atom. The van der Waals surface area contributed by atoms with Crippen LogP contribution >= 0.6 is 7.37 Å². The molecule has 2 heterocycles. The Balaban J connectivity index is 1.35. The van der Waals surface area contributed by atoms with Crippen molar-refractivity contribution in [1.29, 1.82) is 0 Å². The van der Waals surface area contributed by atoms with E-state index in [4.69, 9.17) is 14.0 Å². The Bertz CT molecular complexity index is 3000. The zero-order valence-electron chi connectivity index (χ0n) is 37.4. The van der Waals surface area contributed by atoms with E-state index < -0.39 is 7.37 Å². The topological polar surface area (TPSA) is 49.7 Å². The maximum Gasteiger partial charge on any atom is 0.311 e. The molecule has 1 aromatic heterocycles. The second-order valence-corrected chi connectivity index (χ2v) is 22.0. The van der Waals surface area contributed by atoms with Gasteiger partial charge in [-0.15, -0.1) is 0 Å². The highest BCUT2D eigenvalue weighted by Gasteiger charge is 2.42. The predicted molar refractivity (Wildman–Crippen MR) is 258 cm³/mol. The predicted octanol–water partition coefficient (Wildman–Crippen LogP) is 14.1. The standard InChI is InChI=1S/C56H56NO4P/c1-54(2,3)39-27-23-37(24-28-39)35-59-48-34-50(62(58)49-22-16-14-20-44(49)43-19-13-15-21-47(43)61-62)53(60-36-38-25-29-40(30-26-38)55(4,5)6)51-45-33-41(56(7,8)9)31-32-46(45)57(52(48)51)42-17-11-10-12-18-42/h10-34H,35-36H2,1-9H3. The van der Waals surface area contributed by atoms with E-state index in [2.05, 4.69) is 158 Å². The van der Waals surface area contributed by atoms with Gasteiger partial charge in [-0.25, -0.2) is 0 Å². The highest BCUT2D eigenvalue weighted by atomic mass is 31.2. The molecule has 0 N–H and O–H groups in total. The highest BCUT2D eigenvalue weighted by Crippen LogP contribution is 2.58. The molecule has 1 aliphatic rings. The summed E-state index contributed by atoms with van der Waals surface area (Å²) >= 11 is 0. The molecule has 0 fully saturated rings. The van der Waals surface area contributed by atoms with Crippen molar-refractivity contribution in [2.24, 2.45) is 0 Å². The summed E-state index contributed by atoms with van der Waals surface area (Å²) in [5, 5.41) is 2.90. The minimum atomic E-state index is -3.93. The number of nitrogens with zero attached hydrogens (tertiary/aromatic N) is 1. The van der Waals surface area contributed by atoms with Crippen LogP contribution in [0.1, 0.15) is 90.1 Å². The van der Waals surface area contributed by atoms with E-state index in [1.54, 1.807) is 0 Å². The van der Waals surface area contributed by atoms with Crippen LogP contribution in [0.25, 0.3) is 38.6 Å². The number of fused-ring (bicyclic) bond motifs is 6. The molecule has 0 spiro atoms. The van der Waals surface area contributed by atoms with Crippen LogP contribution in [-0.4, -0.2) is 4.57 Å². The Kier molecular flexibility index (Phi) is 10.3. The summed E-state index contributed by atoms with van der Waals surface area (Å²) in [5.74, 6) is 1.68. The van der Waals surface area contributed by atoms with Crippen LogP contribution < -0.4 is 24.6 Å². The Morgan fingerprint density at radius 3 is 1.68 bits per heavy atom. The van der Waals surface area contributed by atoms with E-state index in [1.807, 2.05) is 60.7 Å². The lowest BCUT2D eigenvalue weighted by Crippen LogP contribution is -2.27. The van der Waals surface area contributed by atoms with Gasteiger partial charge < -0.3 is 18.6 Å². The van der Waals surface area contributed by atoms with Crippen molar-refractivity contribution in [1.82, 2.24) is 4.57 Å². The van der Waals surface area contributed by atoms with Gasteiger partial charge in [0.05, 0.1) is 21.5 Å². The van der Waals surface area contributed by atoms with Crippen LogP contribution in [0.2, 0.25) is 0 Å². The smallest absolute Gasteiger partial charge is 0.311 e. The normalized spacial score (nSPS) is 15.2. The average Bonchev–Trinajstić information content (AvgIpc) is 3.60. The molecule has 0 amide bonds. The first-order valence-electron chi connectivity index (χ1n) is 21.7. The molecule has 1 atom stereocenters. The minimum Gasteiger partial charge on any atom is -0.487 e. The quantitative estimate of drug-likeness (QED) is 0.143. The first-order chi connectivity index (χ1) is 29.5. The third kappa shape index (κ3) is 7.51. The Hall–Kier alpha value is -6.03. The third-order valence-electron chi connectivity index (χ3n) is 12.2. The van der Waals surface area contributed by atoms with Crippen LogP contribution in [0.4, 0.5) is 0 Å². The number of rotatable bonds is 8. The minimum absolute atomic E-state index is 0.00856. The monoisotopic (exact) mass is 837 g/mol. The van der Waals surface area contributed by atoms with E-state index in [0.29, 0.717) is 34.5 Å². The number of benzene rings is 7. The number of aromatic nitrogens is 1. The van der Waals surface area contributed by atoms with Gasteiger partial charge in [0, 0.05) is 22.7 Å². The van der Waals surface area contributed by atoms with Crippen molar-refractivity contribution in [3.8, 4) is 34.1 Å². The second-order valence-electron chi connectivity index (χ2n) is 19.7. The van der Waals surface area contributed by atoms with Crippen molar-refractivity contribution in [3.05, 3.63) is 179 Å². The van der Waals surface area contributed by atoms with Gasteiger partial charge in [0.2, 0.25) is 0 Å². The summed E-state index contributed by atoms with van der Waals surface area (Å²) < 4.78 is 39.9. The Labute approximate surface area is 366 Å². The van der Waals surface area contributed by atoms with Crippen molar-refractivity contribution in [2.45, 2.75) is 91.8 Å². The fraction of sp³-hybridized carbons (Fsp3) is 0.250. The summed E-state index contributed by atoms with van der Waals surface area (Å²) in [7, 11) is -3.93. The number of hydrogen-bond acceptors (Lipinski definition) is 4. The van der Waals surface area contributed by atoms with Gasteiger partial charge in [-0.1, -0.05) is 172 Å². The molecule has 0 aliphatic carbocycles. The summed E-state index contributed by atoms with van der Waals surface area (Å²) in [4.78, 5) is 0. The first kappa shape index (κ1) is 41.3. The number of para-hydroxylation sites is 2.